The number of piperazine rings is 1. The van der Waals surface area contributed by atoms with Crippen molar-refractivity contribution < 1.29 is 0 Å². The smallest absolute Gasteiger partial charge is 0.281 e. The predicted octanol–water partition coefficient (Wildman–Crippen LogP) is 3.89. The summed E-state index contributed by atoms with van der Waals surface area (Å²) in [5.41, 5.74) is 3.05. The van der Waals surface area contributed by atoms with E-state index in [-0.39, 0.29) is 5.56 Å². The normalized spacial score (nSPS) is 14.8. The third-order valence-corrected chi connectivity index (χ3v) is 6.05. The Morgan fingerprint density at radius 1 is 0.710 bits per heavy atom. The van der Waals surface area contributed by atoms with Gasteiger partial charge >= 0.3 is 0 Å². The highest BCUT2D eigenvalue weighted by molar-refractivity contribution is 5.80. The van der Waals surface area contributed by atoms with Crippen LogP contribution >= 0.6 is 0 Å². The van der Waals surface area contributed by atoms with Crippen molar-refractivity contribution in [2.45, 2.75) is 6.54 Å². The van der Waals surface area contributed by atoms with Crippen LogP contribution in [0.4, 0.5) is 5.69 Å². The third kappa shape index (κ3) is 4.09. The van der Waals surface area contributed by atoms with Crippen molar-refractivity contribution in [3.8, 4) is 11.4 Å². The van der Waals surface area contributed by atoms with E-state index >= 15 is 0 Å². The second kappa shape index (κ2) is 8.74. The molecule has 0 N–H and O–H groups in total. The summed E-state index contributed by atoms with van der Waals surface area (Å²) < 4.78 is 2.20. The zero-order valence-electron chi connectivity index (χ0n) is 17.5. The number of anilines is 1. The van der Waals surface area contributed by atoms with Crippen LogP contribution in [0.3, 0.4) is 0 Å². The molecule has 1 fully saturated rings. The molecule has 3 aromatic carbocycles. The molecule has 5 rings (SSSR count). The summed E-state index contributed by atoms with van der Waals surface area (Å²) in [4.78, 5) is 22.1. The molecule has 1 aliphatic heterocycles. The lowest BCUT2D eigenvalue weighted by molar-refractivity contribution is 0.249. The third-order valence-electron chi connectivity index (χ3n) is 6.05. The molecule has 0 unspecified atom stereocenters. The average Bonchev–Trinajstić information content (AvgIpc) is 2.85. The Labute approximate surface area is 182 Å². The molecule has 0 bridgehead atoms. The van der Waals surface area contributed by atoms with Gasteiger partial charge in [0.15, 0.2) is 0 Å². The number of nitrogens with zero attached hydrogens (tertiary/aromatic N) is 4. The molecule has 5 nitrogen and oxygen atoms in total. The molecule has 0 aliphatic carbocycles. The average molecular weight is 411 g/mol. The minimum atomic E-state index is -0.165. The van der Waals surface area contributed by atoms with Gasteiger partial charge in [0.2, 0.25) is 0 Å². The summed E-state index contributed by atoms with van der Waals surface area (Å²) in [5, 5.41) is 0.677. The summed E-state index contributed by atoms with van der Waals surface area (Å²) in [6, 6.07) is 28.4. The van der Waals surface area contributed by atoms with Gasteiger partial charge in [-0.15, -0.1) is 0 Å². The fourth-order valence-corrected chi connectivity index (χ4v) is 4.36. The molecule has 0 spiro atoms. The van der Waals surface area contributed by atoms with E-state index in [1.165, 1.54) is 5.69 Å². The van der Waals surface area contributed by atoms with E-state index in [1.54, 1.807) is 0 Å². The predicted molar refractivity (Wildman–Crippen MR) is 127 cm³/mol. The quantitative estimate of drug-likeness (QED) is 0.501. The Hall–Kier alpha value is -3.44. The molecule has 156 valence electrons. The molecule has 1 aromatic heterocycles. The summed E-state index contributed by atoms with van der Waals surface area (Å²) >= 11 is 0. The first-order valence-corrected chi connectivity index (χ1v) is 10.9. The van der Waals surface area contributed by atoms with E-state index in [4.69, 9.17) is 0 Å². The van der Waals surface area contributed by atoms with Crippen LogP contribution in [0.25, 0.3) is 22.3 Å². The molecule has 4 aromatic rings. The van der Waals surface area contributed by atoms with E-state index in [1.807, 2.05) is 54.6 Å². The standard InChI is InChI=1S/C26H26N4O/c31-26-23-13-7-8-14-24(23)30(25(27-26)21-9-3-1-4-10-21)20-17-28-15-18-29(19-16-28)22-11-5-2-6-12-22/h1-14H,15-20H2. The molecule has 0 saturated carbocycles. The van der Waals surface area contributed by atoms with Gasteiger partial charge in [-0.25, -0.2) is 0 Å². The Bertz CT molecular complexity index is 1210. The van der Waals surface area contributed by atoms with Crippen LogP contribution in [0.15, 0.2) is 89.7 Å². The second-order valence-corrected chi connectivity index (χ2v) is 7.94. The van der Waals surface area contributed by atoms with Crippen molar-refractivity contribution in [2.24, 2.45) is 0 Å². The van der Waals surface area contributed by atoms with Gasteiger partial charge in [0.25, 0.3) is 5.56 Å². The lowest BCUT2D eigenvalue weighted by Crippen LogP contribution is -2.47. The van der Waals surface area contributed by atoms with Crippen LogP contribution in [0.1, 0.15) is 0 Å². The molecule has 0 amide bonds. The first kappa shape index (κ1) is 19.5. The number of rotatable bonds is 5. The number of benzene rings is 3. The number of aromatic nitrogens is 2. The highest BCUT2D eigenvalue weighted by Gasteiger charge is 2.18. The van der Waals surface area contributed by atoms with Crippen molar-refractivity contribution >= 4 is 16.6 Å². The highest BCUT2D eigenvalue weighted by Crippen LogP contribution is 2.21. The van der Waals surface area contributed by atoms with Gasteiger partial charge in [-0.05, 0) is 24.3 Å². The van der Waals surface area contributed by atoms with Gasteiger partial charge in [0.1, 0.15) is 5.82 Å². The lowest BCUT2D eigenvalue weighted by Gasteiger charge is -2.36. The van der Waals surface area contributed by atoms with Gasteiger partial charge < -0.3 is 9.47 Å². The molecule has 1 saturated heterocycles. The van der Waals surface area contributed by atoms with E-state index < -0.39 is 0 Å². The Morgan fingerprint density at radius 3 is 2.10 bits per heavy atom. The number of hydrogen-bond donors (Lipinski definition) is 0. The summed E-state index contributed by atoms with van der Waals surface area (Å²) in [7, 11) is 0. The fourth-order valence-electron chi connectivity index (χ4n) is 4.36. The topological polar surface area (TPSA) is 41.4 Å². The summed E-state index contributed by atoms with van der Waals surface area (Å²) in [6.45, 7) is 5.83. The van der Waals surface area contributed by atoms with Crippen molar-refractivity contribution in [2.75, 3.05) is 37.6 Å². The van der Waals surface area contributed by atoms with Gasteiger partial charge in [0, 0.05) is 50.5 Å². The highest BCUT2D eigenvalue weighted by atomic mass is 16.1. The Balaban J connectivity index is 1.38. The maximum atomic E-state index is 12.7. The van der Waals surface area contributed by atoms with E-state index in [9.17, 15) is 4.79 Å². The van der Waals surface area contributed by atoms with Crippen molar-refractivity contribution in [3.63, 3.8) is 0 Å². The molecular weight excluding hydrogens is 384 g/mol. The van der Waals surface area contributed by atoms with Crippen LogP contribution < -0.4 is 10.5 Å². The van der Waals surface area contributed by atoms with Crippen LogP contribution in [-0.2, 0) is 6.54 Å². The number of hydrogen-bond acceptors (Lipinski definition) is 4. The van der Waals surface area contributed by atoms with Gasteiger partial charge in [-0.2, -0.15) is 4.98 Å². The van der Waals surface area contributed by atoms with Gasteiger partial charge in [0.05, 0.1) is 10.9 Å². The van der Waals surface area contributed by atoms with Crippen LogP contribution in [0.5, 0.6) is 0 Å². The van der Waals surface area contributed by atoms with Crippen LogP contribution in [-0.4, -0.2) is 47.2 Å². The van der Waals surface area contributed by atoms with Crippen molar-refractivity contribution in [3.05, 3.63) is 95.3 Å². The van der Waals surface area contributed by atoms with Gasteiger partial charge in [-0.3, -0.25) is 9.69 Å². The number of fused-ring (bicyclic) bond motifs is 1. The van der Waals surface area contributed by atoms with Crippen LogP contribution in [0.2, 0.25) is 0 Å². The largest absolute Gasteiger partial charge is 0.369 e. The molecule has 1 aliphatic rings. The molecule has 0 radical (unpaired) electrons. The SMILES string of the molecule is O=c1nc(-c2ccccc2)n(CCN2CCN(c3ccccc3)CC2)c2ccccc12. The number of para-hydroxylation sites is 2. The molecule has 2 heterocycles. The lowest BCUT2D eigenvalue weighted by atomic mass is 10.1. The minimum Gasteiger partial charge on any atom is -0.369 e. The first-order valence-electron chi connectivity index (χ1n) is 10.9. The Kier molecular flexibility index (Phi) is 5.50. The summed E-state index contributed by atoms with van der Waals surface area (Å²) in [5.74, 6) is 0.743. The summed E-state index contributed by atoms with van der Waals surface area (Å²) in [6.07, 6.45) is 0. The minimum absolute atomic E-state index is 0.165. The molecular formula is C26H26N4O. The monoisotopic (exact) mass is 410 g/mol. The zero-order chi connectivity index (χ0) is 21.0. The van der Waals surface area contributed by atoms with E-state index in [0.717, 1.165) is 56.2 Å². The maximum absolute atomic E-state index is 12.7. The van der Waals surface area contributed by atoms with Crippen molar-refractivity contribution in [1.82, 2.24) is 14.5 Å². The van der Waals surface area contributed by atoms with Gasteiger partial charge in [-0.1, -0.05) is 60.7 Å². The van der Waals surface area contributed by atoms with E-state index in [2.05, 4.69) is 49.7 Å². The van der Waals surface area contributed by atoms with Crippen LogP contribution in [0, 0.1) is 0 Å². The fraction of sp³-hybridized carbons (Fsp3) is 0.231. The Morgan fingerprint density at radius 2 is 1.35 bits per heavy atom. The molecule has 0 atom stereocenters. The first-order chi connectivity index (χ1) is 15.3. The second-order valence-electron chi connectivity index (χ2n) is 7.94. The molecule has 5 heteroatoms. The van der Waals surface area contributed by atoms with E-state index in [0.29, 0.717) is 5.39 Å². The zero-order valence-corrected chi connectivity index (χ0v) is 17.5. The molecule has 31 heavy (non-hydrogen) atoms. The van der Waals surface area contributed by atoms with Crippen molar-refractivity contribution in [1.29, 1.82) is 0 Å². The maximum Gasteiger partial charge on any atom is 0.281 e.